The molecule has 0 bridgehead atoms. The lowest BCUT2D eigenvalue weighted by Crippen LogP contribution is -2.47. The lowest BCUT2D eigenvalue weighted by Gasteiger charge is -2.42. The van der Waals surface area contributed by atoms with Crippen LogP contribution in [0.25, 0.3) is 11.0 Å². The first-order valence-electron chi connectivity index (χ1n) is 15.5. The smallest absolute Gasteiger partial charge is 0.312 e. The largest absolute Gasteiger partial charge is 0.329 e. The summed E-state index contributed by atoms with van der Waals surface area (Å²) in [5.74, 6) is 0.752. The molecule has 0 unspecified atom stereocenters. The van der Waals surface area contributed by atoms with Crippen molar-refractivity contribution in [1.29, 1.82) is 0 Å². The average Bonchev–Trinajstić information content (AvgIpc) is 3.50. The van der Waals surface area contributed by atoms with Gasteiger partial charge in [-0.15, -0.1) is 0 Å². The average molecular weight is 560 g/mol. The fourth-order valence-corrected chi connectivity index (χ4v) is 7.91. The van der Waals surface area contributed by atoms with Gasteiger partial charge < -0.3 is 5.32 Å². The van der Waals surface area contributed by atoms with E-state index in [2.05, 4.69) is 37.7 Å². The number of piperidine rings is 1. The molecule has 218 valence electrons. The number of nitrogens with one attached hydrogen (secondary N) is 2. The Morgan fingerprint density at radius 3 is 2.41 bits per heavy atom. The second-order valence-corrected chi connectivity index (χ2v) is 14.2. The molecule has 5 rings (SSSR count). The van der Waals surface area contributed by atoms with Gasteiger partial charge in [0.2, 0.25) is 10.0 Å². The first-order valence-corrected chi connectivity index (χ1v) is 17.4. The number of likely N-dealkylation sites (tertiary alicyclic amines) is 1. The van der Waals surface area contributed by atoms with Gasteiger partial charge in [0.1, 0.15) is 0 Å². The maximum absolute atomic E-state index is 13.9. The third-order valence-electron chi connectivity index (χ3n) is 9.41. The fourth-order valence-electron chi connectivity index (χ4n) is 7.40. The number of benzene rings is 1. The highest BCUT2D eigenvalue weighted by molar-refractivity contribution is 7.88. The van der Waals surface area contributed by atoms with Crippen molar-refractivity contribution in [3.8, 4) is 0 Å². The van der Waals surface area contributed by atoms with Crippen LogP contribution in [0.5, 0.6) is 0 Å². The maximum Gasteiger partial charge on any atom is 0.329 e. The minimum atomic E-state index is -3.18. The Balaban J connectivity index is 1.35. The second kappa shape index (κ2) is 13.3. The van der Waals surface area contributed by atoms with Gasteiger partial charge in [-0.1, -0.05) is 44.2 Å². The molecular weight excluding hydrogens is 510 g/mol. The van der Waals surface area contributed by atoms with E-state index >= 15 is 0 Å². The van der Waals surface area contributed by atoms with E-state index in [4.69, 9.17) is 0 Å². The molecule has 1 aromatic heterocycles. The van der Waals surface area contributed by atoms with Gasteiger partial charge in [-0.05, 0) is 76.0 Å². The van der Waals surface area contributed by atoms with Crippen LogP contribution in [-0.2, 0) is 16.6 Å². The third kappa shape index (κ3) is 7.54. The van der Waals surface area contributed by atoms with Gasteiger partial charge in [-0.3, -0.25) is 14.0 Å². The molecule has 1 aromatic carbocycles. The van der Waals surface area contributed by atoms with Gasteiger partial charge in [-0.25, -0.2) is 17.9 Å². The van der Waals surface area contributed by atoms with Crippen LogP contribution in [-0.4, -0.2) is 67.0 Å². The summed E-state index contributed by atoms with van der Waals surface area (Å²) in [4.78, 5) is 16.6. The minimum absolute atomic E-state index is 0.126. The molecule has 39 heavy (non-hydrogen) atoms. The van der Waals surface area contributed by atoms with E-state index in [-0.39, 0.29) is 11.7 Å². The van der Waals surface area contributed by atoms with E-state index in [1.165, 1.54) is 57.6 Å². The second-order valence-electron chi connectivity index (χ2n) is 12.4. The number of imidazole rings is 1. The predicted molar refractivity (Wildman–Crippen MR) is 159 cm³/mol. The van der Waals surface area contributed by atoms with E-state index in [1.54, 1.807) is 0 Å². The molecule has 2 saturated heterocycles. The molecule has 3 heterocycles. The quantitative estimate of drug-likeness (QED) is 0.425. The molecule has 2 aromatic rings. The molecule has 3 aliphatic rings. The SMILES string of the molecule is CS(=O)(=O)NCCC[C@H]1C[C@H](n2c(=O)n(C[C@@H]3CCCN3)c3ccccc32)CCN1CC1CCCCCCC1. The molecule has 1 saturated carbocycles. The van der Waals surface area contributed by atoms with Gasteiger partial charge in [0.15, 0.2) is 0 Å². The third-order valence-corrected chi connectivity index (χ3v) is 10.1. The first-order chi connectivity index (χ1) is 18.9. The number of hydrogen-bond donors (Lipinski definition) is 2. The highest BCUT2D eigenvalue weighted by Gasteiger charge is 2.33. The summed E-state index contributed by atoms with van der Waals surface area (Å²) in [6.45, 7) is 4.38. The van der Waals surface area contributed by atoms with E-state index in [1.807, 2.05) is 10.6 Å². The molecular formula is C30H49N5O3S. The summed E-state index contributed by atoms with van der Waals surface area (Å²) < 4.78 is 30.0. The molecule has 1 aliphatic carbocycles. The maximum atomic E-state index is 13.9. The Hall–Kier alpha value is -1.68. The molecule has 2 aliphatic heterocycles. The summed E-state index contributed by atoms with van der Waals surface area (Å²) in [6.07, 6.45) is 16.7. The number of sulfonamides is 1. The number of rotatable bonds is 10. The summed E-state index contributed by atoms with van der Waals surface area (Å²) in [7, 11) is -3.18. The Morgan fingerprint density at radius 1 is 0.949 bits per heavy atom. The number of aromatic nitrogens is 2. The Labute approximate surface area is 234 Å². The lowest BCUT2D eigenvalue weighted by atomic mass is 9.88. The molecule has 0 amide bonds. The zero-order valence-corrected chi connectivity index (χ0v) is 24.6. The topological polar surface area (TPSA) is 88.4 Å². The molecule has 2 N–H and O–H groups in total. The Bertz CT molecular complexity index is 1220. The number of fused-ring (bicyclic) bond motifs is 1. The standard InChI is InChI=1S/C30H49N5O3S/c1-39(37,38)32-19-10-14-26-21-27(17-20-33(26)22-24-11-5-3-2-4-6-12-24)35-29-16-8-7-15-28(29)34(30(35)36)23-25-13-9-18-31-25/h7-8,15-16,24-27,31-32H,2-6,9-14,17-23H2,1H3/t25-,26-,27+/m0/s1. The molecule has 9 heteroatoms. The first kappa shape index (κ1) is 28.8. The van der Waals surface area contributed by atoms with Gasteiger partial charge in [0.05, 0.1) is 17.3 Å². The summed E-state index contributed by atoms with van der Waals surface area (Å²) in [6, 6.07) is 9.20. The number of para-hydroxylation sites is 2. The molecule has 3 fully saturated rings. The highest BCUT2D eigenvalue weighted by atomic mass is 32.2. The monoisotopic (exact) mass is 559 g/mol. The van der Waals surface area contributed by atoms with Crippen LogP contribution in [0, 0.1) is 5.92 Å². The van der Waals surface area contributed by atoms with Crippen molar-refractivity contribution in [2.24, 2.45) is 5.92 Å². The van der Waals surface area contributed by atoms with Crippen molar-refractivity contribution in [2.45, 2.75) is 108 Å². The Kier molecular flexibility index (Phi) is 9.85. The Morgan fingerprint density at radius 2 is 1.69 bits per heavy atom. The normalized spacial score (nSPS) is 26.1. The summed E-state index contributed by atoms with van der Waals surface area (Å²) in [5.41, 5.74) is 2.22. The van der Waals surface area contributed by atoms with Gasteiger partial charge >= 0.3 is 5.69 Å². The lowest BCUT2D eigenvalue weighted by molar-refractivity contribution is 0.0838. The van der Waals surface area contributed by atoms with E-state index in [0.717, 1.165) is 75.2 Å². The van der Waals surface area contributed by atoms with Crippen molar-refractivity contribution in [2.75, 3.05) is 32.4 Å². The van der Waals surface area contributed by atoms with E-state index < -0.39 is 10.0 Å². The number of hydrogen-bond acceptors (Lipinski definition) is 5. The van der Waals surface area contributed by atoms with Crippen molar-refractivity contribution < 1.29 is 8.42 Å². The van der Waals surface area contributed by atoms with E-state index in [9.17, 15) is 13.2 Å². The minimum Gasteiger partial charge on any atom is -0.312 e. The molecule has 3 atom stereocenters. The van der Waals surface area contributed by atoms with Crippen molar-refractivity contribution in [1.82, 2.24) is 24.1 Å². The van der Waals surface area contributed by atoms with Gasteiger partial charge in [0, 0.05) is 44.3 Å². The summed E-state index contributed by atoms with van der Waals surface area (Å²) in [5, 5.41) is 3.56. The van der Waals surface area contributed by atoms with Gasteiger partial charge in [0.25, 0.3) is 0 Å². The predicted octanol–water partition coefficient (Wildman–Crippen LogP) is 4.25. The zero-order valence-electron chi connectivity index (χ0n) is 23.8. The van der Waals surface area contributed by atoms with Crippen LogP contribution in [0.2, 0.25) is 0 Å². The highest BCUT2D eigenvalue weighted by Crippen LogP contribution is 2.33. The fraction of sp³-hybridized carbons (Fsp3) is 0.767. The van der Waals surface area contributed by atoms with Crippen molar-refractivity contribution >= 4 is 21.1 Å². The number of nitrogens with zero attached hydrogens (tertiary/aromatic N) is 3. The molecule has 0 radical (unpaired) electrons. The van der Waals surface area contributed by atoms with Crippen molar-refractivity contribution in [3.05, 3.63) is 34.7 Å². The van der Waals surface area contributed by atoms with Crippen molar-refractivity contribution in [3.63, 3.8) is 0 Å². The van der Waals surface area contributed by atoms with Crippen LogP contribution >= 0.6 is 0 Å². The van der Waals surface area contributed by atoms with Crippen LogP contribution in [0.15, 0.2) is 29.1 Å². The summed E-state index contributed by atoms with van der Waals surface area (Å²) >= 11 is 0. The van der Waals surface area contributed by atoms with Crippen LogP contribution in [0.4, 0.5) is 0 Å². The van der Waals surface area contributed by atoms with Crippen LogP contribution in [0.1, 0.15) is 89.5 Å². The van der Waals surface area contributed by atoms with Crippen LogP contribution in [0.3, 0.4) is 0 Å². The van der Waals surface area contributed by atoms with Crippen LogP contribution < -0.4 is 15.7 Å². The molecule has 8 nitrogen and oxygen atoms in total. The zero-order chi connectivity index (χ0) is 27.2. The van der Waals surface area contributed by atoms with Gasteiger partial charge in [-0.2, -0.15) is 0 Å². The molecule has 0 spiro atoms. The van der Waals surface area contributed by atoms with E-state index in [0.29, 0.717) is 18.6 Å².